The van der Waals surface area contributed by atoms with E-state index in [1.807, 2.05) is 62.5 Å². The van der Waals surface area contributed by atoms with Gasteiger partial charge in [0, 0.05) is 19.2 Å². The number of rotatable bonds is 4. The van der Waals surface area contributed by atoms with Crippen molar-refractivity contribution in [1.29, 1.82) is 0 Å². The Morgan fingerprint density at radius 3 is 2.28 bits per heavy atom. The van der Waals surface area contributed by atoms with Gasteiger partial charge < -0.3 is 9.80 Å². The molecular weight excluding hydrogens is 312 g/mol. The van der Waals surface area contributed by atoms with Crippen LogP contribution < -0.4 is 0 Å². The summed E-state index contributed by atoms with van der Waals surface area (Å²) in [4.78, 5) is 29.3. The standard InChI is InChI=1S/C21H24N2O2/c1-16(17-10-5-3-6-11-17)22(2)21(25)19-14-9-15-23(19)20(24)18-12-7-4-8-13-18/h3-8,10-13,16,19H,9,14-15H2,1-2H3/t16-,19+/m1/s1. The van der Waals surface area contributed by atoms with Gasteiger partial charge in [-0.3, -0.25) is 9.59 Å². The molecule has 0 radical (unpaired) electrons. The lowest BCUT2D eigenvalue weighted by atomic mass is 10.1. The fraction of sp³-hybridized carbons (Fsp3) is 0.333. The van der Waals surface area contributed by atoms with Gasteiger partial charge in [-0.05, 0) is 37.5 Å². The highest BCUT2D eigenvalue weighted by Gasteiger charge is 2.37. The van der Waals surface area contributed by atoms with E-state index < -0.39 is 0 Å². The molecule has 1 fully saturated rings. The highest BCUT2D eigenvalue weighted by atomic mass is 16.2. The summed E-state index contributed by atoms with van der Waals surface area (Å²) in [6.07, 6.45) is 1.59. The highest BCUT2D eigenvalue weighted by molar-refractivity contribution is 5.98. The van der Waals surface area contributed by atoms with Crippen molar-refractivity contribution in [3.8, 4) is 0 Å². The Hall–Kier alpha value is -2.62. The van der Waals surface area contributed by atoms with Gasteiger partial charge in [0.1, 0.15) is 6.04 Å². The van der Waals surface area contributed by atoms with E-state index in [0.717, 1.165) is 18.4 Å². The SMILES string of the molecule is C[C@H](c1ccccc1)N(C)C(=O)[C@@H]1CCCN1C(=O)c1ccccc1. The number of hydrogen-bond donors (Lipinski definition) is 0. The number of likely N-dealkylation sites (tertiary alicyclic amines) is 1. The predicted octanol–water partition coefficient (Wildman–Crippen LogP) is 3.51. The number of nitrogens with zero attached hydrogens (tertiary/aromatic N) is 2. The molecule has 2 aromatic carbocycles. The van der Waals surface area contributed by atoms with Crippen LogP contribution >= 0.6 is 0 Å². The van der Waals surface area contributed by atoms with Crippen LogP contribution in [0.3, 0.4) is 0 Å². The number of benzene rings is 2. The maximum atomic E-state index is 13.0. The van der Waals surface area contributed by atoms with Crippen LogP contribution in [0.5, 0.6) is 0 Å². The Kier molecular flexibility index (Phi) is 5.17. The lowest BCUT2D eigenvalue weighted by molar-refractivity contribution is -0.135. The van der Waals surface area contributed by atoms with Crippen molar-refractivity contribution in [3.63, 3.8) is 0 Å². The Morgan fingerprint density at radius 2 is 1.64 bits per heavy atom. The molecule has 1 heterocycles. The number of carbonyl (C=O) groups is 2. The van der Waals surface area contributed by atoms with Crippen LogP contribution in [0.25, 0.3) is 0 Å². The molecule has 0 bridgehead atoms. The molecule has 3 rings (SSSR count). The quantitative estimate of drug-likeness (QED) is 0.857. The molecule has 1 saturated heterocycles. The second-order valence-corrected chi connectivity index (χ2v) is 6.56. The van der Waals surface area contributed by atoms with Crippen molar-refractivity contribution in [2.75, 3.05) is 13.6 Å². The summed E-state index contributed by atoms with van der Waals surface area (Å²) in [6, 6.07) is 18.8. The largest absolute Gasteiger partial charge is 0.337 e. The third kappa shape index (κ3) is 3.58. The Labute approximate surface area is 149 Å². The molecular formula is C21H24N2O2. The molecule has 0 unspecified atom stereocenters. The first-order chi connectivity index (χ1) is 12.1. The Morgan fingerprint density at radius 1 is 1.04 bits per heavy atom. The molecule has 1 aliphatic rings. The average Bonchev–Trinajstić information content (AvgIpc) is 3.16. The molecule has 0 saturated carbocycles. The zero-order valence-electron chi connectivity index (χ0n) is 14.8. The first kappa shape index (κ1) is 17.2. The summed E-state index contributed by atoms with van der Waals surface area (Å²) < 4.78 is 0. The van der Waals surface area contributed by atoms with E-state index >= 15 is 0 Å². The van der Waals surface area contributed by atoms with Crippen molar-refractivity contribution < 1.29 is 9.59 Å². The number of hydrogen-bond acceptors (Lipinski definition) is 2. The first-order valence-electron chi connectivity index (χ1n) is 8.77. The molecule has 2 amide bonds. The summed E-state index contributed by atoms with van der Waals surface area (Å²) in [7, 11) is 1.82. The molecule has 0 aliphatic carbocycles. The van der Waals surface area contributed by atoms with Crippen LogP contribution in [0.2, 0.25) is 0 Å². The minimum absolute atomic E-state index is 0.0122. The summed E-state index contributed by atoms with van der Waals surface area (Å²) in [5, 5.41) is 0. The fourth-order valence-electron chi connectivity index (χ4n) is 3.39. The van der Waals surface area contributed by atoms with Crippen LogP contribution in [-0.2, 0) is 4.79 Å². The van der Waals surface area contributed by atoms with E-state index in [4.69, 9.17) is 0 Å². The molecule has 4 heteroatoms. The molecule has 130 valence electrons. The summed E-state index contributed by atoms with van der Waals surface area (Å²) >= 11 is 0. The van der Waals surface area contributed by atoms with Gasteiger partial charge in [-0.15, -0.1) is 0 Å². The van der Waals surface area contributed by atoms with Gasteiger partial charge in [-0.2, -0.15) is 0 Å². The van der Waals surface area contributed by atoms with Gasteiger partial charge in [0.05, 0.1) is 6.04 Å². The first-order valence-corrected chi connectivity index (χ1v) is 8.77. The van der Waals surface area contributed by atoms with Crippen molar-refractivity contribution in [2.45, 2.75) is 31.8 Å². The van der Waals surface area contributed by atoms with Gasteiger partial charge in [0.15, 0.2) is 0 Å². The molecule has 0 spiro atoms. The predicted molar refractivity (Wildman–Crippen MR) is 98.1 cm³/mol. The lowest BCUT2D eigenvalue weighted by Gasteiger charge is -2.32. The molecule has 0 aromatic heterocycles. The molecule has 25 heavy (non-hydrogen) atoms. The molecule has 4 nitrogen and oxygen atoms in total. The van der Waals surface area contributed by atoms with Crippen LogP contribution in [0.1, 0.15) is 41.7 Å². The van der Waals surface area contributed by atoms with Crippen LogP contribution in [0.15, 0.2) is 60.7 Å². The molecule has 2 aromatic rings. The van der Waals surface area contributed by atoms with E-state index in [2.05, 4.69) is 0 Å². The summed E-state index contributed by atoms with van der Waals surface area (Å²) in [5.74, 6) is -0.0460. The Bertz CT molecular complexity index is 730. The van der Waals surface area contributed by atoms with E-state index in [0.29, 0.717) is 12.1 Å². The van der Waals surface area contributed by atoms with Crippen molar-refractivity contribution in [1.82, 2.24) is 9.80 Å². The van der Waals surface area contributed by atoms with Gasteiger partial charge in [0.2, 0.25) is 5.91 Å². The second kappa shape index (κ2) is 7.51. The third-order valence-corrected chi connectivity index (χ3v) is 5.03. The maximum Gasteiger partial charge on any atom is 0.254 e. The monoisotopic (exact) mass is 336 g/mol. The average molecular weight is 336 g/mol. The van der Waals surface area contributed by atoms with Crippen LogP contribution in [-0.4, -0.2) is 41.2 Å². The van der Waals surface area contributed by atoms with E-state index in [1.165, 1.54) is 0 Å². The highest BCUT2D eigenvalue weighted by Crippen LogP contribution is 2.25. The van der Waals surface area contributed by atoms with Crippen LogP contribution in [0, 0.1) is 0 Å². The molecule has 2 atom stereocenters. The van der Waals surface area contributed by atoms with Crippen molar-refractivity contribution in [2.24, 2.45) is 0 Å². The fourth-order valence-corrected chi connectivity index (χ4v) is 3.39. The van der Waals surface area contributed by atoms with E-state index in [-0.39, 0.29) is 23.9 Å². The van der Waals surface area contributed by atoms with Crippen LogP contribution in [0.4, 0.5) is 0 Å². The smallest absolute Gasteiger partial charge is 0.254 e. The minimum Gasteiger partial charge on any atom is -0.337 e. The zero-order valence-corrected chi connectivity index (χ0v) is 14.8. The number of carbonyl (C=O) groups excluding carboxylic acids is 2. The summed E-state index contributed by atoms with van der Waals surface area (Å²) in [6.45, 7) is 2.66. The summed E-state index contributed by atoms with van der Waals surface area (Å²) in [5.41, 5.74) is 1.73. The Balaban J connectivity index is 1.75. The van der Waals surface area contributed by atoms with E-state index in [1.54, 1.807) is 21.9 Å². The van der Waals surface area contributed by atoms with Gasteiger partial charge in [0.25, 0.3) is 5.91 Å². The van der Waals surface area contributed by atoms with Gasteiger partial charge in [-0.1, -0.05) is 48.5 Å². The lowest BCUT2D eigenvalue weighted by Crippen LogP contribution is -2.47. The number of amides is 2. The van der Waals surface area contributed by atoms with Crippen molar-refractivity contribution >= 4 is 11.8 Å². The molecule has 0 N–H and O–H groups in total. The third-order valence-electron chi connectivity index (χ3n) is 5.03. The normalized spacial score (nSPS) is 18.0. The number of likely N-dealkylation sites (N-methyl/N-ethyl adjacent to an activating group) is 1. The zero-order chi connectivity index (χ0) is 17.8. The van der Waals surface area contributed by atoms with E-state index in [9.17, 15) is 9.59 Å². The topological polar surface area (TPSA) is 40.6 Å². The van der Waals surface area contributed by atoms with Gasteiger partial charge >= 0.3 is 0 Å². The minimum atomic E-state index is -0.371. The van der Waals surface area contributed by atoms with Gasteiger partial charge in [-0.25, -0.2) is 0 Å². The molecule has 1 aliphatic heterocycles. The maximum absolute atomic E-state index is 13.0. The second-order valence-electron chi connectivity index (χ2n) is 6.56. The van der Waals surface area contributed by atoms with Crippen molar-refractivity contribution in [3.05, 3.63) is 71.8 Å².